The van der Waals surface area contributed by atoms with Gasteiger partial charge >= 0.3 is 11.9 Å². The van der Waals surface area contributed by atoms with Crippen molar-refractivity contribution in [1.82, 2.24) is 6.15 Å². The lowest BCUT2D eigenvalue weighted by molar-refractivity contribution is -0.371. The molecule has 17 nitrogen and oxygen atoms in total. The van der Waals surface area contributed by atoms with Crippen molar-refractivity contribution in [2.45, 2.75) is 174 Å². The highest BCUT2D eigenvalue weighted by molar-refractivity contribution is 5.95. The molecule has 0 bridgehead atoms. The number of aliphatic hydroxyl groups excluding tert-OH is 5. The molecule has 11 N–H and O–H groups in total. The zero-order valence-electron chi connectivity index (χ0n) is 35.3. The third-order valence-electron chi connectivity index (χ3n) is 17.2. The van der Waals surface area contributed by atoms with Crippen molar-refractivity contribution in [1.29, 1.82) is 0 Å². The Hall–Kier alpha value is -2.58. The lowest BCUT2D eigenvalue weighted by Crippen LogP contribution is -2.68. The van der Waals surface area contributed by atoms with Crippen LogP contribution in [0, 0.1) is 50.2 Å². The summed E-state index contributed by atoms with van der Waals surface area (Å²) in [6, 6.07) is 0. The lowest BCUT2D eigenvalue weighted by Gasteiger charge is -2.70. The van der Waals surface area contributed by atoms with E-state index in [1.165, 1.54) is 0 Å². The number of quaternary nitrogens is 1. The molecule has 2 aliphatic heterocycles. The van der Waals surface area contributed by atoms with E-state index in [-0.39, 0.29) is 40.5 Å². The van der Waals surface area contributed by atoms with Crippen LogP contribution in [0.2, 0.25) is 0 Å². The fourth-order valence-corrected chi connectivity index (χ4v) is 13.4. The number of allylic oxidation sites excluding steroid dienone is 2. The van der Waals surface area contributed by atoms with Gasteiger partial charge in [-0.05, 0) is 103 Å². The van der Waals surface area contributed by atoms with Gasteiger partial charge in [-0.25, -0.2) is 9.59 Å². The average Bonchev–Trinajstić information content (AvgIpc) is 3.13. The first-order chi connectivity index (χ1) is 26.8. The maximum absolute atomic E-state index is 14.8. The number of ether oxygens (including phenoxy) is 4. The number of carbonyl (C=O) groups is 4. The summed E-state index contributed by atoms with van der Waals surface area (Å²) < 4.78 is 23.4. The molecule has 6 unspecified atom stereocenters. The number of rotatable bonds is 7. The van der Waals surface area contributed by atoms with Gasteiger partial charge in [-0.3, -0.25) is 4.79 Å². The highest BCUT2D eigenvalue weighted by Crippen LogP contribution is 2.75. The molecule has 0 spiro atoms. The second-order valence-corrected chi connectivity index (χ2v) is 20.6. The first-order valence-electron chi connectivity index (χ1n) is 20.7. The Morgan fingerprint density at radius 1 is 0.729 bits per heavy atom. The van der Waals surface area contributed by atoms with Crippen LogP contribution in [0.25, 0.3) is 0 Å². The van der Waals surface area contributed by atoms with Crippen LogP contribution in [-0.4, -0.2) is 127 Å². The number of carbonyl (C=O) groups excluding carboxylic acids is 2. The molecule has 7 rings (SSSR count). The Bertz CT molecular complexity index is 1740. The molecule has 0 aromatic rings. The van der Waals surface area contributed by atoms with Gasteiger partial charge in [0, 0.05) is 17.3 Å². The summed E-state index contributed by atoms with van der Waals surface area (Å²) in [5, 5.41) is 85.1. The Balaban J connectivity index is 0.00000585. The molecule has 2 heterocycles. The van der Waals surface area contributed by atoms with E-state index in [2.05, 4.69) is 27.7 Å². The first kappa shape index (κ1) is 45.9. The smallest absolute Gasteiger partial charge is 0.335 e. The Morgan fingerprint density at radius 2 is 1.31 bits per heavy atom. The summed E-state index contributed by atoms with van der Waals surface area (Å²) in [4.78, 5) is 51.2. The molecule has 2 saturated heterocycles. The van der Waals surface area contributed by atoms with Crippen LogP contribution in [0.15, 0.2) is 11.6 Å². The molecule has 334 valence electrons. The van der Waals surface area contributed by atoms with Crippen molar-refractivity contribution in [3.8, 4) is 0 Å². The fourth-order valence-electron chi connectivity index (χ4n) is 13.4. The zero-order chi connectivity index (χ0) is 42.9. The van der Waals surface area contributed by atoms with E-state index < -0.39 is 107 Å². The summed E-state index contributed by atoms with van der Waals surface area (Å²) in [6.07, 6.45) is -12.5. The van der Waals surface area contributed by atoms with Crippen molar-refractivity contribution >= 4 is 23.7 Å². The van der Waals surface area contributed by atoms with Crippen LogP contribution in [0.3, 0.4) is 0 Å². The van der Waals surface area contributed by atoms with Crippen LogP contribution in [0.1, 0.15) is 106 Å². The number of carboxylic acids is 3. The summed E-state index contributed by atoms with van der Waals surface area (Å²) in [5.74, 6) is -4.80. The van der Waals surface area contributed by atoms with Crippen LogP contribution in [0.4, 0.5) is 0 Å². The van der Waals surface area contributed by atoms with E-state index in [1.807, 2.05) is 19.9 Å². The van der Waals surface area contributed by atoms with Crippen LogP contribution < -0.4 is 11.3 Å². The van der Waals surface area contributed by atoms with E-state index in [4.69, 9.17) is 18.9 Å². The SMILES string of the molecule is CC1(C)[C@@H](OC2OC(C(=O)O)[C@@H](O)[C@H](O)C2OC2OC(C(=O)O)[C@@H](O)[C@H](O)C2O)CC[C@]2(C)[C@H]3C(=O)C=C4[C@@H]5C[C@@](C)(C(=O)[O-])CC[C@]5(C)CC[C@@]4(C)[C@]3(C)CC[C@@H]12.[NH4+]. The second kappa shape index (κ2) is 15.1. The van der Waals surface area contributed by atoms with Crippen molar-refractivity contribution < 1.29 is 79.0 Å². The van der Waals surface area contributed by atoms with Gasteiger partial charge in [-0.1, -0.05) is 54.0 Å². The summed E-state index contributed by atoms with van der Waals surface area (Å²) in [6.45, 7) is 14.7. The first-order valence-corrected chi connectivity index (χ1v) is 20.7. The van der Waals surface area contributed by atoms with Gasteiger partial charge in [0.2, 0.25) is 0 Å². The van der Waals surface area contributed by atoms with E-state index in [0.717, 1.165) is 24.8 Å². The van der Waals surface area contributed by atoms with Crippen LogP contribution in [0.5, 0.6) is 0 Å². The Labute approximate surface area is 344 Å². The van der Waals surface area contributed by atoms with E-state index >= 15 is 0 Å². The normalized spacial score (nSPS) is 51.7. The molecule has 0 amide bonds. The predicted molar refractivity (Wildman–Crippen MR) is 203 cm³/mol. The lowest BCUT2D eigenvalue weighted by atomic mass is 9.33. The zero-order valence-corrected chi connectivity index (χ0v) is 35.3. The molecule has 0 aromatic heterocycles. The van der Waals surface area contributed by atoms with Crippen molar-refractivity contribution in [3.05, 3.63) is 11.6 Å². The Kier molecular flexibility index (Phi) is 11.7. The van der Waals surface area contributed by atoms with Gasteiger partial charge < -0.3 is 70.7 Å². The molecule has 4 saturated carbocycles. The van der Waals surface area contributed by atoms with Crippen molar-refractivity contribution in [2.75, 3.05) is 0 Å². The average molecular weight is 840 g/mol. The fraction of sp³-hybridized carbons (Fsp3) is 0.857. The Morgan fingerprint density at radius 3 is 1.90 bits per heavy atom. The van der Waals surface area contributed by atoms with Gasteiger partial charge in [0.05, 0.1) is 6.10 Å². The third kappa shape index (κ3) is 6.72. The monoisotopic (exact) mass is 839 g/mol. The van der Waals surface area contributed by atoms with Crippen LogP contribution >= 0.6 is 0 Å². The number of aliphatic hydroxyl groups is 5. The maximum atomic E-state index is 14.8. The number of fused-ring (bicyclic) bond motifs is 7. The van der Waals surface area contributed by atoms with E-state index in [9.17, 15) is 60.0 Å². The highest BCUT2D eigenvalue weighted by Gasteiger charge is 2.70. The van der Waals surface area contributed by atoms with Gasteiger partial charge in [0.15, 0.2) is 30.6 Å². The highest BCUT2D eigenvalue weighted by atomic mass is 16.8. The topological polar surface area (TPSA) is 306 Å². The largest absolute Gasteiger partial charge is 0.550 e. The molecular formula is C42H65NO16. The minimum absolute atomic E-state index is 0. The molecule has 19 atom stereocenters. The minimum Gasteiger partial charge on any atom is -0.550 e. The number of aliphatic carboxylic acids is 3. The summed E-state index contributed by atoms with van der Waals surface area (Å²) in [7, 11) is 0. The second-order valence-electron chi connectivity index (χ2n) is 20.6. The van der Waals surface area contributed by atoms with Gasteiger partial charge in [0.25, 0.3) is 0 Å². The number of hydrogen-bond donors (Lipinski definition) is 8. The molecule has 6 fully saturated rings. The molecule has 59 heavy (non-hydrogen) atoms. The number of hydrogen-bond acceptors (Lipinski definition) is 14. The number of carboxylic acid groups (broad SMARTS) is 3. The quantitative estimate of drug-likeness (QED) is 0.168. The molecule has 0 radical (unpaired) electrons. The van der Waals surface area contributed by atoms with Crippen molar-refractivity contribution in [2.24, 2.45) is 50.2 Å². The molecule has 7 aliphatic rings. The summed E-state index contributed by atoms with van der Waals surface area (Å²) >= 11 is 0. The predicted octanol–water partition coefficient (Wildman–Crippen LogP) is 1.29. The van der Waals surface area contributed by atoms with E-state index in [1.54, 1.807) is 6.92 Å². The summed E-state index contributed by atoms with van der Waals surface area (Å²) in [5.41, 5.74) is -2.03. The van der Waals surface area contributed by atoms with Gasteiger partial charge in [-0.2, -0.15) is 0 Å². The van der Waals surface area contributed by atoms with Gasteiger partial charge in [0.1, 0.15) is 36.6 Å². The van der Waals surface area contributed by atoms with E-state index in [0.29, 0.717) is 38.5 Å². The standard InChI is InChI=1S/C42H62O16.H3N/c1-37(2)21-8-11-42(7)31(20(43)16-18-19-17-39(4,36(53)54)13-12-38(19,3)14-15-41(18,42)6)40(21,5)10-9-22(37)55-35-30(26(47)25(46)29(57-35)33(51)52)58-34-27(48)23(44)24(45)28(56-34)32(49)50;/h16,19,21-31,34-35,44-48H,8-15,17H2,1-7H3,(H,49,50)(H,51,52)(H,53,54);1H3/t19-,21-,22-,23-,24-,25-,26-,27?,28?,29?,30?,31+,34?,35?,38+,39-,40-,41+,42+;/m0./s1. The minimum atomic E-state index is -2.05. The maximum Gasteiger partial charge on any atom is 0.335 e. The molecule has 5 aliphatic carbocycles. The molecular weight excluding hydrogens is 774 g/mol. The number of ketones is 1. The van der Waals surface area contributed by atoms with Gasteiger partial charge in [-0.15, -0.1) is 0 Å². The third-order valence-corrected chi connectivity index (χ3v) is 17.2. The molecule has 17 heteroatoms. The molecule has 0 aromatic carbocycles. The van der Waals surface area contributed by atoms with Crippen molar-refractivity contribution in [3.63, 3.8) is 0 Å². The van der Waals surface area contributed by atoms with Crippen LogP contribution in [-0.2, 0) is 38.1 Å².